The Morgan fingerprint density at radius 2 is 1.92 bits per heavy atom. The van der Waals surface area contributed by atoms with Crippen LogP contribution in [-0.2, 0) is 9.59 Å². The molecule has 0 spiro atoms. The van der Waals surface area contributed by atoms with Gasteiger partial charge in [0.25, 0.3) is 0 Å². The summed E-state index contributed by atoms with van der Waals surface area (Å²) in [5.74, 6) is -0.628. The Hall–Kier alpha value is -1.85. The second-order valence-electron chi connectivity index (χ2n) is 6.19. The summed E-state index contributed by atoms with van der Waals surface area (Å²) in [6.45, 7) is 4.29. The number of halogens is 2. The number of rotatable bonds is 3. The van der Waals surface area contributed by atoms with Gasteiger partial charge in [-0.15, -0.1) is 0 Å². The van der Waals surface area contributed by atoms with E-state index in [1.54, 1.807) is 17.0 Å². The van der Waals surface area contributed by atoms with Gasteiger partial charge in [-0.05, 0) is 49.2 Å². The molecule has 0 aliphatic carbocycles. The number of nitrogens with one attached hydrogen (secondary N) is 1. The van der Waals surface area contributed by atoms with Crippen LogP contribution < -0.4 is 10.2 Å². The topological polar surface area (TPSA) is 49.4 Å². The minimum Gasteiger partial charge on any atom is -0.326 e. The maximum Gasteiger partial charge on any atom is 0.229 e. The van der Waals surface area contributed by atoms with E-state index >= 15 is 0 Å². The third-order valence-corrected chi connectivity index (χ3v) is 5.80. The molecule has 2 aromatic carbocycles. The van der Waals surface area contributed by atoms with Crippen molar-refractivity contribution in [2.45, 2.75) is 20.3 Å². The van der Waals surface area contributed by atoms with Crippen LogP contribution in [0.1, 0.15) is 17.5 Å². The van der Waals surface area contributed by atoms with Gasteiger partial charge >= 0.3 is 0 Å². The molecule has 0 saturated carbocycles. The van der Waals surface area contributed by atoms with Gasteiger partial charge in [0, 0.05) is 23.1 Å². The van der Waals surface area contributed by atoms with E-state index in [2.05, 4.69) is 21.2 Å². The summed E-state index contributed by atoms with van der Waals surface area (Å²) in [7, 11) is 0. The third kappa shape index (κ3) is 3.58. The molecule has 0 aromatic heterocycles. The van der Waals surface area contributed by atoms with E-state index in [0.717, 1.165) is 21.3 Å². The van der Waals surface area contributed by atoms with E-state index < -0.39 is 5.92 Å². The van der Waals surface area contributed by atoms with Crippen molar-refractivity contribution < 1.29 is 9.59 Å². The number of amides is 2. The number of nitrogens with zero attached hydrogens (tertiary/aromatic N) is 1. The molecule has 1 aliphatic rings. The maximum atomic E-state index is 12.6. The van der Waals surface area contributed by atoms with Crippen LogP contribution in [0, 0.1) is 19.8 Å². The first-order valence-electron chi connectivity index (χ1n) is 8.00. The zero-order valence-corrected chi connectivity index (χ0v) is 16.3. The Bertz CT molecular complexity index is 853. The normalized spacial score (nSPS) is 17.0. The minimum absolute atomic E-state index is 0.0861. The van der Waals surface area contributed by atoms with E-state index in [9.17, 15) is 9.59 Å². The van der Waals surface area contributed by atoms with Crippen LogP contribution in [0.15, 0.2) is 40.9 Å². The molecule has 130 valence electrons. The molecule has 6 heteroatoms. The monoisotopic (exact) mass is 420 g/mol. The Kier molecular flexibility index (Phi) is 5.16. The van der Waals surface area contributed by atoms with Crippen molar-refractivity contribution in [2.75, 3.05) is 16.8 Å². The van der Waals surface area contributed by atoms with Crippen molar-refractivity contribution in [1.82, 2.24) is 0 Å². The molecule has 1 aliphatic heterocycles. The average Bonchev–Trinajstić information content (AvgIpc) is 2.97. The fourth-order valence-electron chi connectivity index (χ4n) is 2.94. The molecule has 0 radical (unpaired) electrons. The van der Waals surface area contributed by atoms with Crippen LogP contribution in [0.5, 0.6) is 0 Å². The zero-order chi connectivity index (χ0) is 18.1. The predicted molar refractivity (Wildman–Crippen MR) is 104 cm³/mol. The molecule has 1 heterocycles. The summed E-state index contributed by atoms with van der Waals surface area (Å²) in [5.41, 5.74) is 3.52. The van der Waals surface area contributed by atoms with Crippen LogP contribution in [0.2, 0.25) is 5.02 Å². The highest BCUT2D eigenvalue weighted by molar-refractivity contribution is 9.10. The molecule has 2 amide bonds. The van der Waals surface area contributed by atoms with Gasteiger partial charge in [0.15, 0.2) is 0 Å². The first kappa shape index (κ1) is 18.0. The average molecular weight is 422 g/mol. The first-order valence-corrected chi connectivity index (χ1v) is 9.17. The van der Waals surface area contributed by atoms with Crippen LogP contribution in [-0.4, -0.2) is 18.4 Å². The molecule has 1 saturated heterocycles. The fourth-order valence-corrected chi connectivity index (χ4v) is 3.61. The largest absolute Gasteiger partial charge is 0.326 e. The summed E-state index contributed by atoms with van der Waals surface area (Å²) in [5, 5.41) is 3.47. The van der Waals surface area contributed by atoms with Crippen LogP contribution >= 0.6 is 27.5 Å². The van der Waals surface area contributed by atoms with Crippen molar-refractivity contribution in [3.8, 4) is 0 Å². The van der Waals surface area contributed by atoms with Gasteiger partial charge in [0.1, 0.15) is 0 Å². The number of anilines is 2. The number of carbonyl (C=O) groups excluding carboxylic acids is 2. The van der Waals surface area contributed by atoms with Crippen molar-refractivity contribution in [3.63, 3.8) is 0 Å². The van der Waals surface area contributed by atoms with E-state index in [1.165, 1.54) is 0 Å². The highest BCUT2D eigenvalue weighted by Gasteiger charge is 2.36. The van der Waals surface area contributed by atoms with Gasteiger partial charge in [-0.25, -0.2) is 0 Å². The van der Waals surface area contributed by atoms with Gasteiger partial charge in [-0.3, -0.25) is 9.59 Å². The number of hydrogen-bond donors (Lipinski definition) is 1. The van der Waals surface area contributed by atoms with Gasteiger partial charge < -0.3 is 10.2 Å². The molecule has 1 atom stereocenters. The maximum absolute atomic E-state index is 12.6. The molecule has 4 nitrogen and oxygen atoms in total. The molecule has 3 rings (SSSR count). The van der Waals surface area contributed by atoms with Gasteiger partial charge in [-0.2, -0.15) is 0 Å². The molecule has 0 unspecified atom stereocenters. The van der Waals surface area contributed by atoms with E-state index in [0.29, 0.717) is 17.3 Å². The lowest BCUT2D eigenvalue weighted by Crippen LogP contribution is -2.28. The van der Waals surface area contributed by atoms with Crippen molar-refractivity contribution >= 4 is 50.7 Å². The number of carbonyl (C=O) groups is 2. The Labute approximate surface area is 160 Å². The van der Waals surface area contributed by atoms with Crippen LogP contribution in [0.25, 0.3) is 0 Å². The quantitative estimate of drug-likeness (QED) is 0.780. The second kappa shape index (κ2) is 7.18. The summed E-state index contributed by atoms with van der Waals surface area (Å²) in [6, 6.07) is 11.0. The fraction of sp³-hybridized carbons (Fsp3) is 0.263. The zero-order valence-electron chi connectivity index (χ0n) is 14.0. The first-order chi connectivity index (χ1) is 11.9. The van der Waals surface area contributed by atoms with E-state index in [-0.39, 0.29) is 18.2 Å². The summed E-state index contributed by atoms with van der Waals surface area (Å²) in [6.07, 6.45) is 0.186. The molecular weight excluding hydrogens is 404 g/mol. The Morgan fingerprint density at radius 1 is 1.20 bits per heavy atom. The van der Waals surface area contributed by atoms with Crippen LogP contribution in [0.4, 0.5) is 11.4 Å². The van der Waals surface area contributed by atoms with Crippen molar-refractivity contribution in [1.29, 1.82) is 0 Å². The lowest BCUT2D eigenvalue weighted by molar-refractivity contribution is -0.122. The number of para-hydroxylation sites is 1. The summed E-state index contributed by atoms with van der Waals surface area (Å²) >= 11 is 9.67. The Balaban J connectivity index is 1.76. The standard InChI is InChI=1S/C19H18BrClN2O2/c1-11-12(2)16(8-7-14(11)20)22-19(25)13-9-18(24)23(10-13)17-6-4-3-5-15(17)21/h3-8,13H,9-10H2,1-2H3,(H,22,25)/t13-/m0/s1. The number of hydrogen-bond acceptors (Lipinski definition) is 2. The lowest BCUT2D eigenvalue weighted by atomic mass is 10.1. The lowest BCUT2D eigenvalue weighted by Gasteiger charge is -2.18. The van der Waals surface area contributed by atoms with Crippen molar-refractivity contribution in [2.24, 2.45) is 5.92 Å². The predicted octanol–water partition coefficient (Wildman–Crippen LogP) is 4.71. The highest BCUT2D eigenvalue weighted by Crippen LogP contribution is 2.32. The smallest absolute Gasteiger partial charge is 0.229 e. The SMILES string of the molecule is Cc1c(Br)ccc(NC(=O)[C@H]2CC(=O)N(c3ccccc3Cl)C2)c1C. The second-order valence-corrected chi connectivity index (χ2v) is 7.45. The molecular formula is C19H18BrClN2O2. The molecule has 2 aromatic rings. The van der Waals surface area contributed by atoms with Crippen molar-refractivity contribution in [3.05, 3.63) is 57.0 Å². The Morgan fingerprint density at radius 3 is 2.64 bits per heavy atom. The minimum atomic E-state index is -0.396. The highest BCUT2D eigenvalue weighted by atomic mass is 79.9. The molecule has 1 N–H and O–H groups in total. The summed E-state index contributed by atoms with van der Waals surface area (Å²) < 4.78 is 1.00. The van der Waals surface area contributed by atoms with Gasteiger partial charge in [0.2, 0.25) is 11.8 Å². The molecule has 0 bridgehead atoms. The molecule has 1 fully saturated rings. The van der Waals surface area contributed by atoms with Crippen LogP contribution in [0.3, 0.4) is 0 Å². The molecule has 25 heavy (non-hydrogen) atoms. The van der Waals surface area contributed by atoms with E-state index in [1.807, 2.05) is 38.1 Å². The van der Waals surface area contributed by atoms with E-state index in [4.69, 9.17) is 11.6 Å². The third-order valence-electron chi connectivity index (χ3n) is 4.62. The number of benzene rings is 2. The van der Waals surface area contributed by atoms with Gasteiger partial charge in [0.05, 0.1) is 16.6 Å². The van der Waals surface area contributed by atoms with Gasteiger partial charge in [-0.1, -0.05) is 39.7 Å². The summed E-state index contributed by atoms with van der Waals surface area (Å²) in [4.78, 5) is 26.6.